The molecule has 3 aliphatic heterocycles. The number of carbonyl (C=O) groups excluding carboxylic acids is 2. The molecule has 0 unspecified atom stereocenters. The summed E-state index contributed by atoms with van der Waals surface area (Å²) in [7, 11) is 0. The number of amides is 2. The van der Waals surface area contributed by atoms with Crippen LogP contribution in [0.15, 0.2) is 96.3 Å². The average molecular weight is 713 g/mol. The first-order valence-corrected chi connectivity index (χ1v) is 19.2. The van der Waals surface area contributed by atoms with Gasteiger partial charge in [-0.05, 0) is 92.9 Å². The van der Waals surface area contributed by atoms with E-state index >= 15 is 0 Å². The zero-order valence-electron chi connectivity index (χ0n) is 31.7. The molecule has 3 aliphatic rings. The summed E-state index contributed by atoms with van der Waals surface area (Å²) in [6.45, 7) is 13.0. The molecular formula is C44H52N6O3. The molecule has 7 rings (SSSR count). The first-order valence-electron chi connectivity index (χ1n) is 19.2. The minimum absolute atomic E-state index is 0.0313. The van der Waals surface area contributed by atoms with Crippen molar-refractivity contribution in [2.24, 2.45) is 4.99 Å². The molecule has 276 valence electrons. The highest BCUT2D eigenvalue weighted by Gasteiger charge is 2.39. The molecule has 4 heterocycles. The van der Waals surface area contributed by atoms with Gasteiger partial charge in [-0.25, -0.2) is 9.78 Å². The number of hydrogen-bond acceptors (Lipinski definition) is 6. The fourth-order valence-corrected chi connectivity index (χ4v) is 8.06. The number of H-pyrrole nitrogens is 1. The van der Waals surface area contributed by atoms with Gasteiger partial charge in [0, 0.05) is 31.4 Å². The Kier molecular flexibility index (Phi) is 10.6. The number of rotatable bonds is 10. The van der Waals surface area contributed by atoms with Gasteiger partial charge in [-0.1, -0.05) is 92.7 Å². The van der Waals surface area contributed by atoms with Crippen LogP contribution in [0.25, 0.3) is 28.0 Å². The number of aromatic nitrogens is 2. The molecule has 9 heteroatoms. The maximum absolute atomic E-state index is 14.2. The van der Waals surface area contributed by atoms with E-state index in [2.05, 4.69) is 94.3 Å². The van der Waals surface area contributed by atoms with Crippen LogP contribution < -0.4 is 0 Å². The van der Waals surface area contributed by atoms with E-state index < -0.39 is 5.60 Å². The van der Waals surface area contributed by atoms with Crippen molar-refractivity contribution in [2.75, 3.05) is 26.2 Å². The number of imidazole rings is 1. The molecule has 1 aromatic heterocycles. The summed E-state index contributed by atoms with van der Waals surface area (Å²) in [5.74, 6) is 0.972. The maximum Gasteiger partial charge on any atom is 0.410 e. The predicted molar refractivity (Wildman–Crippen MR) is 211 cm³/mol. The number of ether oxygens (including phenoxy) is 1. The molecule has 3 atom stereocenters. The third-order valence-corrected chi connectivity index (χ3v) is 10.8. The predicted octanol–water partition coefficient (Wildman–Crippen LogP) is 9.08. The van der Waals surface area contributed by atoms with E-state index in [-0.39, 0.29) is 30.1 Å². The Hall–Kier alpha value is -5.02. The molecule has 0 bridgehead atoms. The van der Waals surface area contributed by atoms with Crippen LogP contribution in [0.1, 0.15) is 95.8 Å². The Morgan fingerprint density at radius 3 is 2.08 bits per heavy atom. The molecule has 3 aromatic carbocycles. The fraction of sp³-hybridized carbons (Fsp3) is 0.409. The largest absolute Gasteiger partial charge is 0.444 e. The van der Waals surface area contributed by atoms with Crippen molar-refractivity contribution < 1.29 is 14.3 Å². The summed E-state index contributed by atoms with van der Waals surface area (Å²) >= 11 is 0. The summed E-state index contributed by atoms with van der Waals surface area (Å²) in [4.78, 5) is 46.2. The van der Waals surface area contributed by atoms with Crippen molar-refractivity contribution in [1.29, 1.82) is 0 Å². The number of nitrogens with zero attached hydrogens (tertiary/aromatic N) is 5. The second kappa shape index (κ2) is 15.5. The number of carbonyl (C=O) groups is 2. The van der Waals surface area contributed by atoms with Gasteiger partial charge in [0.1, 0.15) is 17.5 Å². The minimum Gasteiger partial charge on any atom is -0.444 e. The summed E-state index contributed by atoms with van der Waals surface area (Å²) in [6.07, 6.45) is 8.04. The zero-order valence-corrected chi connectivity index (χ0v) is 31.7. The number of benzene rings is 3. The van der Waals surface area contributed by atoms with Crippen molar-refractivity contribution in [2.45, 2.75) is 90.4 Å². The Labute approximate surface area is 313 Å². The van der Waals surface area contributed by atoms with Crippen molar-refractivity contribution >= 4 is 23.3 Å². The second-order valence-corrected chi connectivity index (χ2v) is 15.3. The first kappa shape index (κ1) is 36.3. The molecule has 0 radical (unpaired) electrons. The smallest absolute Gasteiger partial charge is 0.410 e. The normalized spacial score (nSPS) is 19.4. The van der Waals surface area contributed by atoms with Gasteiger partial charge in [0.15, 0.2) is 0 Å². The van der Waals surface area contributed by atoms with Crippen LogP contribution in [0.5, 0.6) is 0 Å². The van der Waals surface area contributed by atoms with E-state index in [4.69, 9.17) is 9.73 Å². The van der Waals surface area contributed by atoms with E-state index in [0.717, 1.165) is 96.8 Å². The molecule has 4 aromatic rings. The van der Waals surface area contributed by atoms with Crippen molar-refractivity contribution in [3.05, 3.63) is 108 Å². The van der Waals surface area contributed by atoms with Crippen molar-refractivity contribution in [3.8, 4) is 22.4 Å². The van der Waals surface area contributed by atoms with Crippen LogP contribution in [0, 0.1) is 0 Å². The van der Waals surface area contributed by atoms with Gasteiger partial charge in [-0.15, -0.1) is 0 Å². The van der Waals surface area contributed by atoms with Crippen LogP contribution >= 0.6 is 0 Å². The van der Waals surface area contributed by atoms with Gasteiger partial charge >= 0.3 is 6.09 Å². The van der Waals surface area contributed by atoms with E-state index in [1.54, 1.807) is 4.90 Å². The Morgan fingerprint density at radius 1 is 0.830 bits per heavy atom. The third-order valence-electron chi connectivity index (χ3n) is 10.8. The van der Waals surface area contributed by atoms with E-state index in [1.807, 2.05) is 51.4 Å². The quantitative estimate of drug-likeness (QED) is 0.177. The van der Waals surface area contributed by atoms with E-state index in [1.165, 1.54) is 5.57 Å². The molecule has 0 aliphatic carbocycles. The van der Waals surface area contributed by atoms with Crippen LogP contribution in [0.3, 0.4) is 0 Å². The topological polar surface area (TPSA) is 94.1 Å². The van der Waals surface area contributed by atoms with Crippen LogP contribution in [-0.2, 0) is 9.53 Å². The molecule has 2 fully saturated rings. The summed E-state index contributed by atoms with van der Waals surface area (Å²) < 4.78 is 5.65. The second-order valence-electron chi connectivity index (χ2n) is 15.3. The van der Waals surface area contributed by atoms with Crippen LogP contribution in [0.2, 0.25) is 0 Å². The SMILES string of the molecule is CCN(CC)[C@@H](C(=O)N1CCC[C@H]1C1=NC=C(c2ccc(-c3ccc(-c4cnc([C@@H]5CCCN5C(=O)OC(C)(C)C)[nH]4)cc3)cc2)C1)c1ccccc1. The number of allylic oxidation sites excluding steroid dienone is 1. The number of likely N-dealkylation sites (N-methyl/N-ethyl adjacent to an activating group) is 1. The lowest BCUT2D eigenvalue weighted by Gasteiger charge is -2.35. The highest BCUT2D eigenvalue weighted by atomic mass is 16.6. The van der Waals surface area contributed by atoms with Gasteiger partial charge in [0.05, 0.1) is 24.0 Å². The summed E-state index contributed by atoms with van der Waals surface area (Å²) in [6, 6.07) is 27.0. The lowest BCUT2D eigenvalue weighted by atomic mass is 9.96. The highest BCUT2D eigenvalue weighted by Crippen LogP contribution is 2.35. The number of aromatic amines is 1. The van der Waals surface area contributed by atoms with Crippen molar-refractivity contribution in [3.63, 3.8) is 0 Å². The van der Waals surface area contributed by atoms with Gasteiger partial charge in [0.2, 0.25) is 5.91 Å². The van der Waals surface area contributed by atoms with Gasteiger partial charge in [-0.3, -0.25) is 19.6 Å². The molecule has 1 N–H and O–H groups in total. The Morgan fingerprint density at radius 2 is 1.43 bits per heavy atom. The van der Waals surface area contributed by atoms with E-state index in [0.29, 0.717) is 6.54 Å². The van der Waals surface area contributed by atoms with Crippen LogP contribution in [0.4, 0.5) is 4.79 Å². The summed E-state index contributed by atoms with van der Waals surface area (Å²) in [5, 5.41) is 0. The van der Waals surface area contributed by atoms with Gasteiger partial charge < -0.3 is 14.6 Å². The standard InChI is InChI=1S/C44H52N6O3/c1-6-48(7-2)40(34-13-9-8-10-14-34)42(51)49-25-11-15-38(49)36-27-35(28-45-36)32-19-17-30(18-20-32)31-21-23-33(24-22-31)37-29-46-41(47-37)39-16-12-26-50(39)43(52)53-44(3,4)5/h8-10,13-14,17-24,28-29,38-40H,6-7,11-12,15-16,25-27H2,1-5H3,(H,46,47)/t38-,39-,40+/m0/s1. The molecule has 0 spiro atoms. The van der Waals surface area contributed by atoms with E-state index in [9.17, 15) is 9.59 Å². The average Bonchev–Trinajstić information content (AvgIpc) is 4.00. The third kappa shape index (κ3) is 7.86. The Bertz CT molecular complexity index is 1950. The zero-order chi connectivity index (χ0) is 37.1. The molecule has 2 amide bonds. The highest BCUT2D eigenvalue weighted by molar-refractivity contribution is 6.03. The number of aliphatic imine (C=N–C) groups is 1. The number of hydrogen-bond donors (Lipinski definition) is 1. The molecule has 9 nitrogen and oxygen atoms in total. The lowest BCUT2D eigenvalue weighted by molar-refractivity contribution is -0.137. The molecule has 53 heavy (non-hydrogen) atoms. The molecule has 2 saturated heterocycles. The molecule has 0 saturated carbocycles. The van der Waals surface area contributed by atoms with Gasteiger partial charge in [0.25, 0.3) is 0 Å². The minimum atomic E-state index is -0.536. The summed E-state index contributed by atoms with van der Waals surface area (Å²) in [5.41, 5.74) is 8.18. The van der Waals surface area contributed by atoms with Gasteiger partial charge in [-0.2, -0.15) is 0 Å². The number of nitrogens with one attached hydrogen (secondary N) is 1. The van der Waals surface area contributed by atoms with Crippen molar-refractivity contribution in [1.82, 2.24) is 24.7 Å². The van der Waals surface area contributed by atoms with Crippen LogP contribution in [-0.4, -0.2) is 80.2 Å². The maximum atomic E-state index is 14.2. The number of likely N-dealkylation sites (tertiary alicyclic amines) is 2. The molecular weight excluding hydrogens is 661 g/mol. The first-order chi connectivity index (χ1) is 25.6. The lowest BCUT2D eigenvalue weighted by Crippen LogP contribution is -2.47. The fourth-order valence-electron chi connectivity index (χ4n) is 8.06. The monoisotopic (exact) mass is 712 g/mol. The Balaban J connectivity index is 0.983.